The molecule has 1 aliphatic heterocycles. The molecule has 1 aliphatic carbocycles. The second-order valence-corrected chi connectivity index (χ2v) is 8.64. The molecule has 4 nitrogen and oxygen atoms in total. The van der Waals surface area contributed by atoms with Gasteiger partial charge >= 0.3 is 0 Å². The summed E-state index contributed by atoms with van der Waals surface area (Å²) >= 11 is 0. The van der Waals surface area contributed by atoms with Gasteiger partial charge < -0.3 is 18.6 Å². The zero-order chi connectivity index (χ0) is 20.9. The van der Waals surface area contributed by atoms with E-state index in [9.17, 15) is 0 Å². The van der Waals surface area contributed by atoms with Crippen molar-refractivity contribution in [1.29, 1.82) is 0 Å². The van der Waals surface area contributed by atoms with E-state index in [2.05, 4.69) is 42.5 Å². The van der Waals surface area contributed by atoms with Gasteiger partial charge in [-0.1, -0.05) is 37.1 Å². The lowest BCUT2D eigenvalue weighted by atomic mass is 9.75. The highest BCUT2D eigenvalue weighted by atomic mass is 16.5. The van der Waals surface area contributed by atoms with Gasteiger partial charge in [-0.25, -0.2) is 0 Å². The number of para-hydroxylation sites is 1. The van der Waals surface area contributed by atoms with E-state index >= 15 is 0 Å². The Morgan fingerprint density at radius 1 is 0.774 bits per heavy atom. The maximum absolute atomic E-state index is 6.79. The van der Waals surface area contributed by atoms with E-state index < -0.39 is 0 Å². The van der Waals surface area contributed by atoms with Gasteiger partial charge in [-0.3, -0.25) is 0 Å². The highest BCUT2D eigenvalue weighted by Crippen LogP contribution is 2.50. The van der Waals surface area contributed by atoms with Crippen molar-refractivity contribution >= 4 is 21.9 Å². The molecule has 2 aliphatic rings. The molecule has 31 heavy (non-hydrogen) atoms. The Labute approximate surface area is 181 Å². The molecule has 3 atom stereocenters. The van der Waals surface area contributed by atoms with Crippen LogP contribution < -0.4 is 9.47 Å². The molecule has 2 heterocycles. The first-order chi connectivity index (χ1) is 15.3. The number of hydrogen-bond donors (Lipinski definition) is 0. The van der Waals surface area contributed by atoms with Crippen molar-refractivity contribution in [2.45, 2.75) is 43.8 Å². The first-order valence-corrected chi connectivity index (χ1v) is 11.1. The standard InChI is InChI=1S/C27H26O4/c1-28-25-14-19-17-7-3-6-10-23(17)31-27(21(19)15-26(25)29-2)16-11-12-24-20(13-16)18-8-4-5-9-22(18)30-24/h4-5,8-9,11-15,17,23,27H,3,6-7,10H2,1-2H3/t17-,23-,27-/m0/s1. The van der Waals surface area contributed by atoms with Gasteiger partial charge in [0.05, 0.1) is 20.3 Å². The molecule has 6 rings (SSSR count). The highest BCUT2D eigenvalue weighted by Gasteiger charge is 2.39. The van der Waals surface area contributed by atoms with Crippen LogP contribution in [-0.4, -0.2) is 20.3 Å². The predicted molar refractivity (Wildman–Crippen MR) is 121 cm³/mol. The molecule has 0 amide bonds. The van der Waals surface area contributed by atoms with Gasteiger partial charge in [-0.2, -0.15) is 0 Å². The number of furan rings is 1. The van der Waals surface area contributed by atoms with Crippen LogP contribution in [0.5, 0.6) is 11.5 Å². The van der Waals surface area contributed by atoms with E-state index in [1.54, 1.807) is 14.2 Å². The Hall–Kier alpha value is -2.98. The highest BCUT2D eigenvalue weighted by molar-refractivity contribution is 6.05. The fourth-order valence-corrected chi connectivity index (χ4v) is 5.49. The topological polar surface area (TPSA) is 40.8 Å². The van der Waals surface area contributed by atoms with Crippen molar-refractivity contribution in [3.05, 3.63) is 71.3 Å². The quantitative estimate of drug-likeness (QED) is 0.372. The smallest absolute Gasteiger partial charge is 0.161 e. The molecule has 0 spiro atoms. The Balaban J connectivity index is 1.54. The van der Waals surface area contributed by atoms with Crippen molar-refractivity contribution in [1.82, 2.24) is 0 Å². The van der Waals surface area contributed by atoms with Crippen molar-refractivity contribution < 1.29 is 18.6 Å². The fourth-order valence-electron chi connectivity index (χ4n) is 5.49. The summed E-state index contributed by atoms with van der Waals surface area (Å²) in [5.74, 6) is 1.96. The Morgan fingerprint density at radius 2 is 1.52 bits per heavy atom. The van der Waals surface area contributed by atoms with Gasteiger partial charge in [0.15, 0.2) is 11.5 Å². The Bertz CT molecular complexity index is 1270. The number of hydrogen-bond acceptors (Lipinski definition) is 4. The maximum Gasteiger partial charge on any atom is 0.161 e. The van der Waals surface area contributed by atoms with Crippen LogP contribution in [0.15, 0.2) is 59.0 Å². The van der Waals surface area contributed by atoms with Crippen molar-refractivity contribution in [2.75, 3.05) is 14.2 Å². The molecule has 158 valence electrons. The molecule has 0 bridgehead atoms. The van der Waals surface area contributed by atoms with Crippen LogP contribution in [0.3, 0.4) is 0 Å². The molecule has 4 aromatic rings. The minimum atomic E-state index is -0.132. The molecule has 1 saturated carbocycles. The van der Waals surface area contributed by atoms with Crippen molar-refractivity contribution in [3.63, 3.8) is 0 Å². The monoisotopic (exact) mass is 414 g/mol. The van der Waals surface area contributed by atoms with Crippen LogP contribution in [0, 0.1) is 0 Å². The van der Waals surface area contributed by atoms with Crippen LogP contribution >= 0.6 is 0 Å². The third kappa shape index (κ3) is 2.93. The van der Waals surface area contributed by atoms with Crippen LogP contribution in [-0.2, 0) is 4.74 Å². The summed E-state index contributed by atoms with van der Waals surface area (Å²) in [5, 5.41) is 2.27. The Kier molecular flexibility index (Phi) is 4.43. The lowest BCUT2D eigenvalue weighted by Crippen LogP contribution is -2.33. The van der Waals surface area contributed by atoms with Gasteiger partial charge in [0.25, 0.3) is 0 Å². The molecule has 0 radical (unpaired) electrons. The van der Waals surface area contributed by atoms with E-state index in [4.69, 9.17) is 18.6 Å². The fraction of sp³-hybridized carbons (Fsp3) is 0.333. The van der Waals surface area contributed by atoms with E-state index in [0.29, 0.717) is 5.92 Å². The second-order valence-electron chi connectivity index (χ2n) is 8.64. The predicted octanol–water partition coefficient (Wildman–Crippen LogP) is 6.75. The number of ether oxygens (including phenoxy) is 3. The van der Waals surface area contributed by atoms with E-state index in [-0.39, 0.29) is 12.2 Å². The number of fused-ring (bicyclic) bond motifs is 6. The van der Waals surface area contributed by atoms with E-state index in [1.807, 2.05) is 12.1 Å². The van der Waals surface area contributed by atoms with Gasteiger partial charge in [-0.15, -0.1) is 0 Å². The first kappa shape index (κ1) is 18.8. The van der Waals surface area contributed by atoms with E-state index in [1.165, 1.54) is 24.0 Å². The molecule has 0 saturated heterocycles. The summed E-state index contributed by atoms with van der Waals surface area (Å²) in [7, 11) is 3.40. The summed E-state index contributed by atoms with van der Waals surface area (Å²) in [4.78, 5) is 0. The molecular weight excluding hydrogens is 388 g/mol. The average Bonchev–Trinajstić information content (AvgIpc) is 3.20. The molecule has 4 heteroatoms. The summed E-state index contributed by atoms with van der Waals surface area (Å²) in [5.41, 5.74) is 5.50. The van der Waals surface area contributed by atoms with E-state index in [0.717, 1.165) is 51.8 Å². The summed E-state index contributed by atoms with van der Waals surface area (Å²) in [6, 6.07) is 18.9. The van der Waals surface area contributed by atoms with Gasteiger partial charge in [-0.05, 0) is 59.9 Å². The average molecular weight is 415 g/mol. The zero-order valence-electron chi connectivity index (χ0n) is 17.9. The molecule has 3 aromatic carbocycles. The minimum Gasteiger partial charge on any atom is -0.493 e. The number of rotatable bonds is 3. The Morgan fingerprint density at radius 3 is 2.35 bits per heavy atom. The largest absolute Gasteiger partial charge is 0.493 e. The van der Waals surface area contributed by atoms with Crippen LogP contribution in [0.25, 0.3) is 21.9 Å². The molecule has 1 fully saturated rings. The normalized spacial score (nSPS) is 22.8. The van der Waals surface area contributed by atoms with Crippen LogP contribution in [0.1, 0.15) is 54.4 Å². The number of methoxy groups -OCH3 is 2. The number of benzene rings is 3. The van der Waals surface area contributed by atoms with Crippen molar-refractivity contribution in [2.24, 2.45) is 0 Å². The van der Waals surface area contributed by atoms with Gasteiger partial charge in [0.1, 0.15) is 17.3 Å². The molecular formula is C27H26O4. The summed E-state index contributed by atoms with van der Waals surface area (Å²) < 4.78 is 24.1. The second kappa shape index (κ2) is 7.31. The minimum absolute atomic E-state index is 0.132. The third-order valence-corrected chi connectivity index (χ3v) is 6.99. The summed E-state index contributed by atoms with van der Waals surface area (Å²) in [6.07, 6.45) is 4.84. The lowest BCUT2D eigenvalue weighted by Gasteiger charge is -2.41. The summed E-state index contributed by atoms with van der Waals surface area (Å²) in [6.45, 7) is 0. The van der Waals surface area contributed by atoms with Crippen molar-refractivity contribution in [3.8, 4) is 11.5 Å². The molecule has 0 N–H and O–H groups in total. The van der Waals surface area contributed by atoms with Gasteiger partial charge in [0.2, 0.25) is 0 Å². The maximum atomic E-state index is 6.79. The lowest BCUT2D eigenvalue weighted by molar-refractivity contribution is -0.0390. The third-order valence-electron chi connectivity index (χ3n) is 6.99. The molecule has 1 aromatic heterocycles. The zero-order valence-corrected chi connectivity index (χ0v) is 17.9. The van der Waals surface area contributed by atoms with Gasteiger partial charge in [0, 0.05) is 16.7 Å². The molecule has 0 unspecified atom stereocenters. The van der Waals surface area contributed by atoms with Crippen LogP contribution in [0.2, 0.25) is 0 Å². The van der Waals surface area contributed by atoms with Crippen LogP contribution in [0.4, 0.5) is 0 Å². The first-order valence-electron chi connectivity index (χ1n) is 11.1. The SMILES string of the molecule is COc1cc2c(cc1OC)[C@@H]1CCCC[C@@H]1O[C@H]2c1ccc2oc3ccccc3c2c1.